The zero-order valence-electron chi connectivity index (χ0n) is 17.9. The van der Waals surface area contributed by atoms with Crippen LogP contribution in [0, 0.1) is 20.8 Å². The molecule has 0 fully saturated rings. The minimum absolute atomic E-state index is 0.197. The Morgan fingerprint density at radius 3 is 2.16 bits per heavy atom. The van der Waals surface area contributed by atoms with Crippen LogP contribution in [-0.4, -0.2) is 20.6 Å². The van der Waals surface area contributed by atoms with Crippen molar-refractivity contribution in [3.63, 3.8) is 0 Å². The van der Waals surface area contributed by atoms with Gasteiger partial charge in [-0.2, -0.15) is 0 Å². The zero-order valence-corrected chi connectivity index (χ0v) is 19.5. The van der Waals surface area contributed by atoms with E-state index in [-0.39, 0.29) is 12.5 Å². The predicted octanol–water partition coefficient (Wildman–Crippen LogP) is 5.48. The number of anilines is 2. The van der Waals surface area contributed by atoms with E-state index in [2.05, 4.69) is 5.32 Å². The summed E-state index contributed by atoms with van der Waals surface area (Å²) in [4.78, 5) is 12.6. The van der Waals surface area contributed by atoms with Gasteiger partial charge in [0, 0.05) is 16.3 Å². The van der Waals surface area contributed by atoms with Gasteiger partial charge in [0.1, 0.15) is 0 Å². The van der Waals surface area contributed by atoms with E-state index < -0.39 is 10.0 Å². The SMILES string of the molecule is Cc1ccc(N(Cc2ccc(NC(=O)c3cc(Cl)ccc3C)cc2)S(C)(=O)=O)cc1C. The summed E-state index contributed by atoms with van der Waals surface area (Å²) in [7, 11) is -3.47. The largest absolute Gasteiger partial charge is 0.322 e. The molecule has 1 amide bonds. The molecule has 162 valence electrons. The fraction of sp³-hybridized carbons (Fsp3) is 0.208. The molecule has 0 atom stereocenters. The van der Waals surface area contributed by atoms with Crippen LogP contribution in [-0.2, 0) is 16.6 Å². The first kappa shape index (κ1) is 22.8. The van der Waals surface area contributed by atoms with Crippen molar-refractivity contribution in [2.45, 2.75) is 27.3 Å². The number of benzene rings is 3. The summed E-state index contributed by atoms with van der Waals surface area (Å²) in [5.74, 6) is -0.249. The molecule has 3 aromatic rings. The Morgan fingerprint density at radius 1 is 0.903 bits per heavy atom. The van der Waals surface area contributed by atoms with Gasteiger partial charge in [0.25, 0.3) is 5.91 Å². The molecule has 0 unspecified atom stereocenters. The lowest BCUT2D eigenvalue weighted by Crippen LogP contribution is -2.29. The maximum atomic E-state index is 12.6. The van der Waals surface area contributed by atoms with E-state index in [0.717, 1.165) is 22.3 Å². The van der Waals surface area contributed by atoms with E-state index >= 15 is 0 Å². The highest BCUT2D eigenvalue weighted by Gasteiger charge is 2.18. The van der Waals surface area contributed by atoms with Gasteiger partial charge in [0.15, 0.2) is 0 Å². The Morgan fingerprint density at radius 2 is 1.55 bits per heavy atom. The van der Waals surface area contributed by atoms with Crippen LogP contribution in [0.1, 0.15) is 32.6 Å². The van der Waals surface area contributed by atoms with Crippen LogP contribution in [0.4, 0.5) is 11.4 Å². The van der Waals surface area contributed by atoms with Gasteiger partial charge in [0.05, 0.1) is 18.5 Å². The molecular weight excluding hydrogens is 432 g/mol. The molecule has 0 heterocycles. The number of rotatable bonds is 6. The van der Waals surface area contributed by atoms with Crippen LogP contribution in [0.5, 0.6) is 0 Å². The summed E-state index contributed by atoms with van der Waals surface area (Å²) in [6.45, 7) is 5.99. The summed E-state index contributed by atoms with van der Waals surface area (Å²) >= 11 is 6.01. The molecule has 31 heavy (non-hydrogen) atoms. The third-order valence-corrected chi connectivity index (χ3v) is 6.54. The number of carbonyl (C=O) groups excluding carboxylic acids is 1. The first-order chi connectivity index (χ1) is 14.5. The van der Waals surface area contributed by atoms with Gasteiger partial charge < -0.3 is 5.32 Å². The van der Waals surface area contributed by atoms with Crippen LogP contribution >= 0.6 is 11.6 Å². The second-order valence-electron chi connectivity index (χ2n) is 7.65. The molecule has 0 saturated carbocycles. The van der Waals surface area contributed by atoms with E-state index in [1.54, 1.807) is 42.5 Å². The Bertz CT molecular complexity index is 1220. The molecule has 0 aliphatic rings. The molecule has 0 aliphatic carbocycles. The first-order valence-corrected chi connectivity index (χ1v) is 12.0. The average Bonchev–Trinajstić information content (AvgIpc) is 2.70. The fourth-order valence-electron chi connectivity index (χ4n) is 3.18. The smallest absolute Gasteiger partial charge is 0.255 e. The van der Waals surface area contributed by atoms with Crippen LogP contribution < -0.4 is 9.62 Å². The van der Waals surface area contributed by atoms with Crippen LogP contribution in [0.2, 0.25) is 5.02 Å². The van der Waals surface area contributed by atoms with Crippen molar-refractivity contribution in [1.82, 2.24) is 0 Å². The molecule has 0 aliphatic heterocycles. The van der Waals surface area contributed by atoms with Gasteiger partial charge in [-0.05, 0) is 79.4 Å². The topological polar surface area (TPSA) is 66.5 Å². The molecule has 0 radical (unpaired) electrons. The molecule has 3 aromatic carbocycles. The van der Waals surface area contributed by atoms with Gasteiger partial charge in [0.2, 0.25) is 10.0 Å². The summed E-state index contributed by atoms with van der Waals surface area (Å²) in [5.41, 5.74) is 5.52. The standard InChI is InChI=1S/C24H25ClN2O3S/c1-16-6-12-22(13-18(16)3)27(31(4,29)30)15-19-7-10-21(11-8-19)26-24(28)23-14-20(25)9-5-17(23)2/h5-14H,15H2,1-4H3,(H,26,28). The second kappa shape index (κ2) is 9.12. The molecule has 0 aromatic heterocycles. The van der Waals surface area contributed by atoms with Gasteiger partial charge in [-0.15, -0.1) is 0 Å². The van der Waals surface area contributed by atoms with Crippen molar-refractivity contribution in [3.8, 4) is 0 Å². The number of aryl methyl sites for hydroxylation is 3. The third kappa shape index (κ3) is 5.66. The highest BCUT2D eigenvalue weighted by Crippen LogP contribution is 2.24. The minimum Gasteiger partial charge on any atom is -0.322 e. The van der Waals surface area contributed by atoms with Gasteiger partial charge in [-0.1, -0.05) is 35.9 Å². The highest BCUT2D eigenvalue weighted by molar-refractivity contribution is 7.92. The van der Waals surface area contributed by atoms with Crippen LogP contribution in [0.25, 0.3) is 0 Å². The van der Waals surface area contributed by atoms with Gasteiger partial charge in [-0.3, -0.25) is 9.10 Å². The predicted molar refractivity (Wildman–Crippen MR) is 128 cm³/mol. The van der Waals surface area contributed by atoms with Crippen LogP contribution in [0.3, 0.4) is 0 Å². The van der Waals surface area contributed by atoms with Gasteiger partial charge >= 0.3 is 0 Å². The molecule has 0 saturated heterocycles. The number of carbonyl (C=O) groups is 1. The molecular formula is C24H25ClN2O3S. The normalized spacial score (nSPS) is 11.3. The maximum absolute atomic E-state index is 12.6. The Balaban J connectivity index is 1.78. The first-order valence-electron chi connectivity index (χ1n) is 9.76. The van der Waals surface area contributed by atoms with Crippen molar-refractivity contribution >= 4 is 38.9 Å². The Kier molecular flexibility index (Phi) is 6.72. The molecule has 0 bridgehead atoms. The molecule has 5 nitrogen and oxygen atoms in total. The van der Waals surface area contributed by atoms with E-state index in [1.165, 1.54) is 10.6 Å². The lowest BCUT2D eigenvalue weighted by Gasteiger charge is -2.23. The maximum Gasteiger partial charge on any atom is 0.255 e. The molecule has 1 N–H and O–H groups in total. The number of hydrogen-bond acceptors (Lipinski definition) is 3. The number of sulfonamides is 1. The number of nitrogens with one attached hydrogen (secondary N) is 1. The minimum atomic E-state index is -3.47. The van der Waals surface area contributed by atoms with Crippen molar-refractivity contribution in [3.05, 3.63) is 93.5 Å². The molecule has 0 spiro atoms. The highest BCUT2D eigenvalue weighted by atomic mass is 35.5. The Labute approximate surface area is 188 Å². The molecule has 3 rings (SSSR count). The quantitative estimate of drug-likeness (QED) is 0.533. The Hall–Kier alpha value is -2.83. The lowest BCUT2D eigenvalue weighted by molar-refractivity contribution is 0.102. The average molecular weight is 457 g/mol. The van der Waals surface area contributed by atoms with E-state index in [0.29, 0.717) is 22.0 Å². The number of nitrogens with zero attached hydrogens (tertiary/aromatic N) is 1. The summed E-state index contributed by atoms with van der Waals surface area (Å²) in [6, 6.07) is 17.9. The van der Waals surface area contributed by atoms with E-state index in [4.69, 9.17) is 11.6 Å². The number of amides is 1. The third-order valence-electron chi connectivity index (χ3n) is 5.16. The number of hydrogen-bond donors (Lipinski definition) is 1. The summed E-state index contributed by atoms with van der Waals surface area (Å²) < 4.78 is 26.2. The second-order valence-corrected chi connectivity index (χ2v) is 9.99. The lowest BCUT2D eigenvalue weighted by atomic mass is 10.1. The van der Waals surface area contributed by atoms with Crippen molar-refractivity contribution in [2.75, 3.05) is 15.9 Å². The summed E-state index contributed by atoms with van der Waals surface area (Å²) in [5, 5.41) is 3.35. The summed E-state index contributed by atoms with van der Waals surface area (Å²) in [6.07, 6.45) is 1.20. The van der Waals surface area contributed by atoms with Crippen molar-refractivity contribution in [2.24, 2.45) is 0 Å². The fourth-order valence-corrected chi connectivity index (χ4v) is 4.23. The van der Waals surface area contributed by atoms with Crippen molar-refractivity contribution in [1.29, 1.82) is 0 Å². The zero-order chi connectivity index (χ0) is 22.8. The monoisotopic (exact) mass is 456 g/mol. The van der Waals surface area contributed by atoms with Crippen LogP contribution in [0.15, 0.2) is 60.7 Å². The van der Waals surface area contributed by atoms with Crippen molar-refractivity contribution < 1.29 is 13.2 Å². The number of halogens is 1. The molecule has 7 heteroatoms. The van der Waals surface area contributed by atoms with E-state index in [1.807, 2.05) is 39.0 Å². The van der Waals surface area contributed by atoms with E-state index in [9.17, 15) is 13.2 Å². The van der Waals surface area contributed by atoms with Gasteiger partial charge in [-0.25, -0.2) is 8.42 Å².